The second kappa shape index (κ2) is 6.23. The van der Waals surface area contributed by atoms with E-state index in [9.17, 15) is 8.42 Å². The van der Waals surface area contributed by atoms with Crippen LogP contribution in [0.5, 0.6) is 11.8 Å². The summed E-state index contributed by atoms with van der Waals surface area (Å²) < 4.78 is 36.9. The molecule has 9 heteroatoms. The van der Waals surface area contributed by atoms with E-state index >= 15 is 0 Å². The van der Waals surface area contributed by atoms with Gasteiger partial charge in [0, 0.05) is 0 Å². The molecule has 1 fully saturated rings. The predicted molar refractivity (Wildman–Crippen MR) is 73.6 cm³/mol. The maximum absolute atomic E-state index is 12.3. The van der Waals surface area contributed by atoms with Gasteiger partial charge >= 0.3 is 0 Å². The fraction of sp³-hybridized carbons (Fsp3) is 0.636. The largest absolute Gasteiger partial charge is 0.481 e. The van der Waals surface area contributed by atoms with Crippen molar-refractivity contribution in [2.75, 3.05) is 32.0 Å². The van der Waals surface area contributed by atoms with Gasteiger partial charge in [-0.2, -0.15) is 9.97 Å². The van der Waals surface area contributed by atoms with Crippen molar-refractivity contribution in [1.82, 2.24) is 15.3 Å². The molecule has 2 N–H and O–H groups in total. The molecule has 0 aromatic carbocycles. The lowest BCUT2D eigenvalue weighted by molar-refractivity contribution is 0.373. The maximum atomic E-state index is 12.3. The van der Waals surface area contributed by atoms with Gasteiger partial charge < -0.3 is 14.8 Å². The number of nitrogens with one attached hydrogen (secondary N) is 2. The van der Waals surface area contributed by atoms with E-state index in [0.29, 0.717) is 25.9 Å². The Kier molecular flexibility index (Phi) is 4.61. The lowest BCUT2D eigenvalue weighted by Crippen LogP contribution is -2.38. The number of ether oxygens (including phenoxy) is 2. The first-order valence-corrected chi connectivity index (χ1v) is 7.79. The average molecular weight is 302 g/mol. The van der Waals surface area contributed by atoms with E-state index in [1.807, 2.05) is 0 Å². The summed E-state index contributed by atoms with van der Waals surface area (Å²) in [6.45, 7) is 1.38. The summed E-state index contributed by atoms with van der Waals surface area (Å²) in [6, 6.07) is 1.47. The Morgan fingerprint density at radius 3 is 2.25 bits per heavy atom. The average Bonchev–Trinajstić information content (AvgIpc) is 2.47. The molecule has 0 unspecified atom stereocenters. The molecule has 1 aliphatic rings. The number of nitrogens with zero attached hydrogens (tertiary/aromatic N) is 2. The highest BCUT2D eigenvalue weighted by Crippen LogP contribution is 2.20. The summed E-state index contributed by atoms with van der Waals surface area (Å²) in [4.78, 5) is 7.92. The van der Waals surface area contributed by atoms with Crippen molar-refractivity contribution < 1.29 is 17.9 Å². The second-order valence-electron chi connectivity index (χ2n) is 4.37. The number of rotatable bonds is 5. The van der Waals surface area contributed by atoms with Crippen molar-refractivity contribution in [3.8, 4) is 11.8 Å². The Morgan fingerprint density at radius 1 is 1.20 bits per heavy atom. The Hall–Kier alpha value is -1.61. The number of anilines is 1. The van der Waals surface area contributed by atoms with E-state index in [4.69, 9.17) is 9.47 Å². The highest BCUT2D eigenvalue weighted by atomic mass is 32.2. The summed E-state index contributed by atoms with van der Waals surface area (Å²) in [6.07, 6.45) is 1.13. The number of methoxy groups -OCH3 is 2. The van der Waals surface area contributed by atoms with Crippen LogP contribution < -0.4 is 19.5 Å². The van der Waals surface area contributed by atoms with Gasteiger partial charge in [0.05, 0.1) is 25.5 Å². The number of hydrogen-bond donors (Lipinski definition) is 2. The van der Waals surface area contributed by atoms with Crippen molar-refractivity contribution in [3.63, 3.8) is 0 Å². The number of hydrogen-bond acceptors (Lipinski definition) is 7. The summed E-state index contributed by atoms with van der Waals surface area (Å²) in [5.74, 6) is 0.430. The highest BCUT2D eigenvalue weighted by Gasteiger charge is 2.28. The molecule has 20 heavy (non-hydrogen) atoms. The molecule has 112 valence electrons. The van der Waals surface area contributed by atoms with E-state index in [0.717, 1.165) is 0 Å². The molecular weight excluding hydrogens is 284 g/mol. The molecule has 0 aliphatic carbocycles. The van der Waals surface area contributed by atoms with Crippen LogP contribution in [0.2, 0.25) is 0 Å². The zero-order valence-electron chi connectivity index (χ0n) is 11.4. The number of aromatic nitrogens is 2. The normalized spacial score (nSPS) is 16.7. The lowest BCUT2D eigenvalue weighted by Gasteiger charge is -2.22. The van der Waals surface area contributed by atoms with Gasteiger partial charge in [0.15, 0.2) is 0 Å². The van der Waals surface area contributed by atoms with Crippen LogP contribution in [0.25, 0.3) is 0 Å². The van der Waals surface area contributed by atoms with Gasteiger partial charge in [-0.3, -0.25) is 4.72 Å². The minimum absolute atomic E-state index is 0.0419. The first-order valence-electron chi connectivity index (χ1n) is 6.24. The monoisotopic (exact) mass is 302 g/mol. The Labute approximate surface area is 118 Å². The zero-order valence-corrected chi connectivity index (χ0v) is 12.2. The quantitative estimate of drug-likeness (QED) is 0.788. The van der Waals surface area contributed by atoms with Crippen LogP contribution in [-0.2, 0) is 10.0 Å². The van der Waals surface area contributed by atoms with Gasteiger partial charge in [-0.1, -0.05) is 0 Å². The van der Waals surface area contributed by atoms with Crippen molar-refractivity contribution >= 4 is 16.0 Å². The summed E-state index contributed by atoms with van der Waals surface area (Å²) >= 11 is 0. The van der Waals surface area contributed by atoms with Crippen molar-refractivity contribution in [2.24, 2.45) is 0 Å². The van der Waals surface area contributed by atoms with Crippen LogP contribution in [-0.4, -0.2) is 50.9 Å². The predicted octanol–water partition coefficient (Wildman–Crippen LogP) is -0.0125. The zero-order chi connectivity index (χ0) is 14.6. The van der Waals surface area contributed by atoms with E-state index in [1.165, 1.54) is 20.3 Å². The first kappa shape index (κ1) is 14.8. The minimum Gasteiger partial charge on any atom is -0.481 e. The second-order valence-corrected chi connectivity index (χ2v) is 6.33. The van der Waals surface area contributed by atoms with E-state index in [-0.39, 0.29) is 17.7 Å². The topological polar surface area (TPSA) is 102 Å². The third-order valence-corrected chi connectivity index (χ3v) is 4.87. The molecule has 2 rings (SSSR count). The fourth-order valence-electron chi connectivity index (χ4n) is 1.98. The molecule has 1 saturated heterocycles. The molecule has 0 bridgehead atoms. The summed E-state index contributed by atoms with van der Waals surface area (Å²) in [7, 11) is -0.638. The molecule has 2 heterocycles. The third-order valence-electron chi connectivity index (χ3n) is 3.06. The van der Waals surface area contributed by atoms with Gasteiger partial charge in [-0.15, -0.1) is 0 Å². The minimum atomic E-state index is -3.51. The lowest BCUT2D eigenvalue weighted by atomic mass is 10.2. The van der Waals surface area contributed by atoms with Crippen LogP contribution in [0, 0.1) is 0 Å². The molecule has 1 aliphatic heterocycles. The summed E-state index contributed by atoms with van der Waals surface area (Å²) in [5.41, 5.74) is 0. The molecule has 8 nitrogen and oxygen atoms in total. The molecular formula is C11H18N4O4S. The Balaban J connectivity index is 2.19. The van der Waals surface area contributed by atoms with E-state index < -0.39 is 15.3 Å². The van der Waals surface area contributed by atoms with Crippen LogP contribution in [0.3, 0.4) is 0 Å². The summed E-state index contributed by atoms with van der Waals surface area (Å²) in [5, 5.41) is 2.68. The van der Waals surface area contributed by atoms with Gasteiger partial charge in [-0.05, 0) is 25.9 Å². The highest BCUT2D eigenvalue weighted by molar-refractivity contribution is 7.93. The molecule has 0 atom stereocenters. The molecule has 1 aromatic heterocycles. The van der Waals surface area contributed by atoms with E-state index in [2.05, 4.69) is 20.0 Å². The van der Waals surface area contributed by atoms with Crippen molar-refractivity contribution in [2.45, 2.75) is 18.1 Å². The number of sulfonamides is 1. The van der Waals surface area contributed by atoms with Crippen LogP contribution in [0.1, 0.15) is 12.8 Å². The first-order chi connectivity index (χ1) is 9.55. The van der Waals surface area contributed by atoms with Gasteiger partial charge in [-0.25, -0.2) is 8.42 Å². The smallest absolute Gasteiger partial charge is 0.243 e. The Bertz CT molecular complexity index is 535. The van der Waals surface area contributed by atoms with Crippen molar-refractivity contribution in [1.29, 1.82) is 0 Å². The van der Waals surface area contributed by atoms with Crippen molar-refractivity contribution in [3.05, 3.63) is 6.07 Å². The van der Waals surface area contributed by atoms with Gasteiger partial charge in [0.1, 0.15) is 0 Å². The van der Waals surface area contributed by atoms with E-state index in [1.54, 1.807) is 0 Å². The van der Waals surface area contributed by atoms with Gasteiger partial charge in [0.2, 0.25) is 27.7 Å². The molecule has 0 amide bonds. The molecule has 0 spiro atoms. The molecule has 0 radical (unpaired) electrons. The SMILES string of the molecule is COc1cc(OC)nc(NS(=O)(=O)C2CCNCC2)n1. The van der Waals surface area contributed by atoms with Crippen LogP contribution in [0.4, 0.5) is 5.95 Å². The maximum Gasteiger partial charge on any atom is 0.243 e. The number of piperidine rings is 1. The van der Waals surface area contributed by atoms with Crippen LogP contribution >= 0.6 is 0 Å². The van der Waals surface area contributed by atoms with Gasteiger partial charge in [0.25, 0.3) is 0 Å². The molecule has 0 saturated carbocycles. The fourth-order valence-corrected chi connectivity index (χ4v) is 3.34. The van der Waals surface area contributed by atoms with Crippen LogP contribution in [0.15, 0.2) is 6.07 Å². The third kappa shape index (κ3) is 3.48. The Morgan fingerprint density at radius 2 is 1.75 bits per heavy atom. The molecule has 1 aromatic rings. The standard InChI is InChI=1S/C11H18N4O4S/c1-18-9-7-10(19-2)14-11(13-9)15-20(16,17)8-3-5-12-6-4-8/h7-8,12H,3-6H2,1-2H3,(H,13,14,15).